The van der Waals surface area contributed by atoms with E-state index in [0.717, 1.165) is 19.3 Å². The normalized spacial score (nSPS) is 34.7. The number of hydrogen-bond acceptors (Lipinski definition) is 5. The molecule has 3 amide bonds. The zero-order chi connectivity index (χ0) is 24.1. The summed E-state index contributed by atoms with van der Waals surface area (Å²) in [5.41, 5.74) is -0.448. The molecule has 3 aliphatic rings. The third kappa shape index (κ3) is 4.17. The summed E-state index contributed by atoms with van der Waals surface area (Å²) in [6.07, 6.45) is 2.96. The summed E-state index contributed by atoms with van der Waals surface area (Å²) in [5.74, 6) is -1.15. The Hall–Kier alpha value is -1.28. The standard InChI is InChI=1S/C24H41N3O4S/c1-8-11-25-19(29)16-17-21(31)27(15(13-28)12-14(2)3)18(20(30)26-22(4,5)6)24(17)10-9-23(16,7)32-24/h14-18,28H,8-13H2,1-7H3,(H,25,29)(H,26,30)/t15-,16-,17+,18?,23+,24?/m1/s1. The SMILES string of the molecule is CCCNC(=O)[C@H]1[C@H]2C(=O)N([C@@H](CO)CC(C)C)C(C(=O)NC(C)(C)C)C23CC[C@]1(C)S3. The first kappa shape index (κ1) is 25.3. The molecule has 2 unspecified atom stereocenters. The van der Waals surface area contributed by atoms with Gasteiger partial charge in [0.15, 0.2) is 0 Å². The van der Waals surface area contributed by atoms with Crippen molar-refractivity contribution >= 4 is 29.5 Å². The molecular weight excluding hydrogens is 426 g/mol. The van der Waals surface area contributed by atoms with Crippen LogP contribution in [0.4, 0.5) is 0 Å². The number of carbonyl (C=O) groups is 3. The van der Waals surface area contributed by atoms with Crippen LogP contribution in [-0.2, 0) is 14.4 Å². The average Bonchev–Trinajstić information content (AvgIpc) is 3.23. The Kier molecular flexibility index (Phi) is 6.99. The Morgan fingerprint density at radius 1 is 1.25 bits per heavy atom. The van der Waals surface area contributed by atoms with Gasteiger partial charge in [0.05, 0.1) is 29.2 Å². The van der Waals surface area contributed by atoms with Crippen LogP contribution >= 0.6 is 11.8 Å². The first-order valence-corrected chi connectivity index (χ1v) is 12.9. The van der Waals surface area contributed by atoms with Gasteiger partial charge in [-0.25, -0.2) is 0 Å². The molecule has 3 heterocycles. The first-order valence-electron chi connectivity index (χ1n) is 12.0. The Morgan fingerprint density at radius 2 is 1.91 bits per heavy atom. The molecule has 3 fully saturated rings. The second kappa shape index (κ2) is 8.82. The lowest BCUT2D eigenvalue weighted by atomic mass is 9.66. The maximum absolute atomic E-state index is 14.0. The predicted octanol–water partition coefficient (Wildman–Crippen LogP) is 2.32. The molecule has 0 saturated carbocycles. The topological polar surface area (TPSA) is 98.7 Å². The minimum absolute atomic E-state index is 0.0805. The highest BCUT2D eigenvalue weighted by molar-refractivity contribution is 8.02. The number of amides is 3. The summed E-state index contributed by atoms with van der Waals surface area (Å²) < 4.78 is -1.00. The van der Waals surface area contributed by atoms with E-state index in [1.54, 1.807) is 16.7 Å². The number of hydrogen-bond donors (Lipinski definition) is 3. The predicted molar refractivity (Wildman–Crippen MR) is 127 cm³/mol. The van der Waals surface area contributed by atoms with Crippen molar-refractivity contribution in [2.75, 3.05) is 13.2 Å². The van der Waals surface area contributed by atoms with Gasteiger partial charge in [0, 0.05) is 16.8 Å². The van der Waals surface area contributed by atoms with Gasteiger partial charge >= 0.3 is 0 Å². The summed E-state index contributed by atoms with van der Waals surface area (Å²) in [7, 11) is 0. The van der Waals surface area contributed by atoms with Crippen molar-refractivity contribution in [1.82, 2.24) is 15.5 Å². The van der Waals surface area contributed by atoms with Gasteiger partial charge in [0.2, 0.25) is 17.7 Å². The van der Waals surface area contributed by atoms with Crippen molar-refractivity contribution in [1.29, 1.82) is 0 Å². The van der Waals surface area contributed by atoms with E-state index in [-0.39, 0.29) is 35.0 Å². The largest absolute Gasteiger partial charge is 0.394 e. The van der Waals surface area contributed by atoms with Gasteiger partial charge in [-0.2, -0.15) is 0 Å². The van der Waals surface area contributed by atoms with Gasteiger partial charge in [-0.1, -0.05) is 20.8 Å². The molecule has 3 saturated heterocycles. The molecular formula is C24H41N3O4S. The maximum atomic E-state index is 14.0. The minimum Gasteiger partial charge on any atom is -0.394 e. The van der Waals surface area contributed by atoms with Gasteiger partial charge in [0.1, 0.15) is 6.04 Å². The Labute approximate surface area is 196 Å². The molecule has 3 N–H and O–H groups in total. The molecule has 8 heteroatoms. The highest BCUT2D eigenvalue weighted by Gasteiger charge is 2.77. The van der Waals surface area contributed by atoms with E-state index in [1.807, 2.05) is 27.7 Å². The Balaban J connectivity index is 2.08. The van der Waals surface area contributed by atoms with E-state index < -0.39 is 34.2 Å². The van der Waals surface area contributed by atoms with Gasteiger partial charge < -0.3 is 20.6 Å². The molecule has 32 heavy (non-hydrogen) atoms. The molecule has 0 radical (unpaired) electrons. The van der Waals surface area contributed by atoms with Gasteiger partial charge in [-0.3, -0.25) is 14.4 Å². The molecule has 0 aromatic carbocycles. The van der Waals surface area contributed by atoms with E-state index in [0.29, 0.717) is 13.0 Å². The molecule has 0 aromatic heterocycles. The van der Waals surface area contributed by atoms with Crippen molar-refractivity contribution in [3.8, 4) is 0 Å². The number of nitrogens with one attached hydrogen (secondary N) is 2. The van der Waals surface area contributed by atoms with Crippen LogP contribution in [0.5, 0.6) is 0 Å². The Morgan fingerprint density at radius 3 is 2.44 bits per heavy atom. The Bertz CT molecular complexity index is 767. The third-order valence-corrected chi connectivity index (χ3v) is 9.13. The van der Waals surface area contributed by atoms with Gasteiger partial charge in [-0.05, 0) is 59.3 Å². The van der Waals surface area contributed by atoms with Crippen molar-refractivity contribution in [2.45, 2.75) is 101 Å². The van der Waals surface area contributed by atoms with Crippen molar-refractivity contribution in [3.63, 3.8) is 0 Å². The summed E-state index contributed by atoms with van der Waals surface area (Å²) in [4.78, 5) is 42.6. The lowest BCUT2D eigenvalue weighted by Crippen LogP contribution is -2.59. The fourth-order valence-electron chi connectivity index (χ4n) is 6.07. The number of aliphatic hydroxyl groups excluding tert-OH is 1. The maximum Gasteiger partial charge on any atom is 0.244 e. The third-order valence-electron chi connectivity index (χ3n) is 7.14. The highest BCUT2D eigenvalue weighted by atomic mass is 32.2. The van der Waals surface area contributed by atoms with Gasteiger partial charge in [-0.15, -0.1) is 11.8 Å². The zero-order valence-corrected chi connectivity index (χ0v) is 21.5. The van der Waals surface area contributed by atoms with Crippen LogP contribution in [0.3, 0.4) is 0 Å². The molecule has 0 aromatic rings. The second-order valence-electron chi connectivity index (χ2n) is 11.5. The van der Waals surface area contributed by atoms with Crippen LogP contribution in [0.15, 0.2) is 0 Å². The quantitative estimate of drug-likeness (QED) is 0.509. The van der Waals surface area contributed by atoms with Crippen molar-refractivity contribution < 1.29 is 19.5 Å². The fourth-order valence-corrected chi connectivity index (χ4v) is 8.42. The molecule has 7 nitrogen and oxygen atoms in total. The van der Waals surface area contributed by atoms with Crippen molar-refractivity contribution in [2.24, 2.45) is 17.8 Å². The first-order chi connectivity index (χ1) is 14.8. The van der Waals surface area contributed by atoms with Gasteiger partial charge in [0.25, 0.3) is 0 Å². The van der Waals surface area contributed by atoms with Crippen LogP contribution in [-0.4, -0.2) is 68.0 Å². The minimum atomic E-state index is -0.689. The van der Waals surface area contributed by atoms with Crippen LogP contribution in [0.25, 0.3) is 0 Å². The monoisotopic (exact) mass is 467 g/mol. The number of nitrogens with zero attached hydrogens (tertiary/aromatic N) is 1. The van der Waals surface area contributed by atoms with Crippen LogP contribution in [0.2, 0.25) is 0 Å². The summed E-state index contributed by atoms with van der Waals surface area (Å²) in [6.45, 7) is 14.4. The average molecular weight is 468 g/mol. The zero-order valence-electron chi connectivity index (χ0n) is 20.7. The highest BCUT2D eigenvalue weighted by Crippen LogP contribution is 2.71. The van der Waals surface area contributed by atoms with E-state index in [2.05, 4.69) is 31.4 Å². The van der Waals surface area contributed by atoms with E-state index in [1.165, 1.54) is 0 Å². The molecule has 3 rings (SSSR count). The number of aliphatic hydroxyl groups is 1. The molecule has 182 valence electrons. The number of rotatable bonds is 8. The molecule has 1 spiro atoms. The number of thioether (sulfide) groups is 1. The van der Waals surface area contributed by atoms with Crippen LogP contribution in [0.1, 0.15) is 74.1 Å². The summed E-state index contributed by atoms with van der Waals surface area (Å²) in [6, 6.07) is -1.13. The van der Waals surface area contributed by atoms with Crippen molar-refractivity contribution in [3.05, 3.63) is 0 Å². The summed E-state index contributed by atoms with van der Waals surface area (Å²) in [5, 5.41) is 16.4. The fraction of sp³-hybridized carbons (Fsp3) is 0.875. The molecule has 6 atom stereocenters. The van der Waals surface area contributed by atoms with E-state index >= 15 is 0 Å². The van der Waals surface area contributed by atoms with E-state index in [9.17, 15) is 19.5 Å². The number of likely N-dealkylation sites (tertiary alicyclic amines) is 1. The van der Waals surface area contributed by atoms with Crippen LogP contribution < -0.4 is 10.6 Å². The molecule has 3 aliphatic heterocycles. The second-order valence-corrected chi connectivity index (χ2v) is 13.4. The lowest BCUT2D eigenvalue weighted by Gasteiger charge is -2.39. The smallest absolute Gasteiger partial charge is 0.244 e. The van der Waals surface area contributed by atoms with Crippen LogP contribution in [0, 0.1) is 17.8 Å². The number of carbonyl (C=O) groups excluding carboxylic acids is 3. The lowest BCUT2D eigenvalue weighted by molar-refractivity contribution is -0.143. The molecule has 0 aliphatic carbocycles. The van der Waals surface area contributed by atoms with E-state index in [4.69, 9.17) is 0 Å². The summed E-state index contributed by atoms with van der Waals surface area (Å²) >= 11 is 1.67. The molecule has 2 bridgehead atoms. The number of fused-ring (bicyclic) bond motifs is 1.